The fraction of sp³-hybridized carbons (Fsp3) is 0.389. The first-order valence-corrected chi connectivity index (χ1v) is 7.67. The molecule has 1 aliphatic rings. The van der Waals surface area contributed by atoms with Gasteiger partial charge in [0.15, 0.2) is 0 Å². The van der Waals surface area contributed by atoms with Crippen molar-refractivity contribution in [3.05, 3.63) is 41.3 Å². The first kappa shape index (κ1) is 17.5. The maximum Gasteiger partial charge on any atom is 0.134 e. The Morgan fingerprint density at radius 1 is 1.26 bits per heavy atom. The van der Waals surface area contributed by atoms with E-state index in [1.54, 1.807) is 6.07 Å². The zero-order valence-electron chi connectivity index (χ0n) is 13.6. The quantitative estimate of drug-likeness (QED) is 0.874. The summed E-state index contributed by atoms with van der Waals surface area (Å²) < 4.78 is 20.7. The summed E-state index contributed by atoms with van der Waals surface area (Å²) in [5.74, 6) is 0.822. The molecule has 2 aromatic rings. The molecule has 5 heteroatoms. The highest BCUT2D eigenvalue weighted by atomic mass is 35.5. The number of halogens is 2. The number of nitrogen functional groups attached to an aromatic ring is 1. The number of pyridine rings is 1. The number of rotatable bonds is 2. The average molecular weight is 337 g/mol. The molecule has 2 N–H and O–H groups in total. The molecule has 0 saturated heterocycles. The van der Waals surface area contributed by atoms with Crippen LogP contribution in [0.2, 0.25) is 0 Å². The standard InChI is InChI=1S/C18H21FN2O.ClH/c1-4-14-12(6-8-15(20)21-14)16-13(19)7-5-11-9-10-18(2,3)22-17(11)16;/h5-8H,4,9-10H2,1-3H3,(H2,20,21);1H. The van der Waals surface area contributed by atoms with E-state index < -0.39 is 0 Å². The van der Waals surface area contributed by atoms with E-state index in [2.05, 4.69) is 4.98 Å². The Morgan fingerprint density at radius 2 is 2.00 bits per heavy atom. The highest BCUT2D eigenvalue weighted by Crippen LogP contribution is 2.43. The summed E-state index contributed by atoms with van der Waals surface area (Å²) in [7, 11) is 0. The highest BCUT2D eigenvalue weighted by Gasteiger charge is 2.30. The van der Waals surface area contributed by atoms with E-state index in [1.165, 1.54) is 6.07 Å². The highest BCUT2D eigenvalue weighted by molar-refractivity contribution is 5.85. The van der Waals surface area contributed by atoms with Gasteiger partial charge < -0.3 is 10.5 Å². The van der Waals surface area contributed by atoms with Gasteiger partial charge >= 0.3 is 0 Å². The molecule has 124 valence electrons. The number of anilines is 1. The third kappa shape index (κ3) is 3.27. The van der Waals surface area contributed by atoms with Gasteiger partial charge in [-0.2, -0.15) is 0 Å². The number of nitrogens with two attached hydrogens (primary N) is 1. The molecular weight excluding hydrogens is 315 g/mol. The molecule has 1 aliphatic heterocycles. The molecule has 0 fully saturated rings. The normalized spacial score (nSPS) is 15.3. The molecular formula is C18H22ClFN2O. The van der Waals surface area contributed by atoms with Crippen LogP contribution >= 0.6 is 12.4 Å². The smallest absolute Gasteiger partial charge is 0.134 e. The van der Waals surface area contributed by atoms with Gasteiger partial charge in [-0.25, -0.2) is 9.37 Å². The number of hydrogen-bond acceptors (Lipinski definition) is 3. The Labute approximate surface area is 142 Å². The number of nitrogens with zero attached hydrogens (tertiary/aromatic N) is 1. The Balaban J connectivity index is 0.00000192. The molecule has 0 saturated carbocycles. The second-order valence-corrected chi connectivity index (χ2v) is 6.36. The third-order valence-electron chi connectivity index (χ3n) is 4.16. The van der Waals surface area contributed by atoms with Crippen LogP contribution in [-0.2, 0) is 12.8 Å². The Kier molecular flexibility index (Phi) is 4.85. The summed E-state index contributed by atoms with van der Waals surface area (Å²) in [6.07, 6.45) is 2.50. The molecule has 0 spiro atoms. The molecule has 0 unspecified atom stereocenters. The topological polar surface area (TPSA) is 48.1 Å². The second-order valence-electron chi connectivity index (χ2n) is 6.36. The predicted molar refractivity (Wildman–Crippen MR) is 93.7 cm³/mol. The van der Waals surface area contributed by atoms with Crippen molar-refractivity contribution in [2.45, 2.75) is 45.6 Å². The van der Waals surface area contributed by atoms with Crippen molar-refractivity contribution in [1.29, 1.82) is 0 Å². The molecule has 3 nitrogen and oxygen atoms in total. The Bertz CT molecular complexity index is 731. The van der Waals surface area contributed by atoms with Crippen LogP contribution in [0.25, 0.3) is 11.1 Å². The van der Waals surface area contributed by atoms with Gasteiger partial charge in [0, 0.05) is 5.56 Å². The van der Waals surface area contributed by atoms with E-state index in [1.807, 2.05) is 32.9 Å². The number of benzene rings is 1. The van der Waals surface area contributed by atoms with Gasteiger partial charge in [0.2, 0.25) is 0 Å². The lowest BCUT2D eigenvalue weighted by atomic mass is 9.90. The fourth-order valence-corrected chi connectivity index (χ4v) is 2.94. The third-order valence-corrected chi connectivity index (χ3v) is 4.16. The van der Waals surface area contributed by atoms with Crippen molar-refractivity contribution in [3.63, 3.8) is 0 Å². The van der Waals surface area contributed by atoms with Crippen LogP contribution in [0.5, 0.6) is 5.75 Å². The zero-order valence-corrected chi connectivity index (χ0v) is 14.5. The van der Waals surface area contributed by atoms with Gasteiger partial charge in [0.25, 0.3) is 0 Å². The van der Waals surface area contributed by atoms with Gasteiger partial charge in [0.1, 0.15) is 23.0 Å². The predicted octanol–water partition coefficient (Wildman–Crippen LogP) is 4.56. The van der Waals surface area contributed by atoms with Gasteiger partial charge in [-0.1, -0.05) is 13.0 Å². The minimum absolute atomic E-state index is 0. The summed E-state index contributed by atoms with van der Waals surface area (Å²) in [5.41, 5.74) is 8.59. The van der Waals surface area contributed by atoms with Crippen LogP contribution in [0.15, 0.2) is 24.3 Å². The van der Waals surface area contributed by atoms with Crippen LogP contribution in [0.3, 0.4) is 0 Å². The number of aryl methyl sites for hydroxylation is 2. The minimum atomic E-state index is -0.289. The van der Waals surface area contributed by atoms with Crippen molar-refractivity contribution in [3.8, 4) is 16.9 Å². The maximum atomic E-state index is 14.6. The molecule has 1 aromatic heterocycles. The van der Waals surface area contributed by atoms with E-state index in [9.17, 15) is 4.39 Å². The monoisotopic (exact) mass is 336 g/mol. The van der Waals surface area contributed by atoms with E-state index in [0.717, 1.165) is 29.7 Å². The van der Waals surface area contributed by atoms with Crippen LogP contribution in [0.1, 0.15) is 38.4 Å². The lowest BCUT2D eigenvalue weighted by molar-refractivity contribution is 0.0850. The summed E-state index contributed by atoms with van der Waals surface area (Å²) in [5, 5.41) is 0. The largest absolute Gasteiger partial charge is 0.487 e. The number of ether oxygens (including phenoxy) is 1. The number of aromatic nitrogens is 1. The summed E-state index contributed by atoms with van der Waals surface area (Å²) >= 11 is 0. The van der Waals surface area contributed by atoms with E-state index in [-0.39, 0.29) is 23.8 Å². The molecule has 0 atom stereocenters. The van der Waals surface area contributed by atoms with E-state index in [0.29, 0.717) is 23.6 Å². The molecule has 0 bridgehead atoms. The van der Waals surface area contributed by atoms with Crippen molar-refractivity contribution in [2.75, 3.05) is 5.73 Å². The molecule has 0 aliphatic carbocycles. The van der Waals surface area contributed by atoms with Gasteiger partial charge in [-0.15, -0.1) is 12.4 Å². The van der Waals surface area contributed by atoms with Crippen molar-refractivity contribution < 1.29 is 9.13 Å². The molecule has 2 heterocycles. The second kappa shape index (κ2) is 6.36. The van der Waals surface area contributed by atoms with Gasteiger partial charge in [-0.05, 0) is 56.9 Å². The molecule has 1 aromatic carbocycles. The average Bonchev–Trinajstić information content (AvgIpc) is 2.47. The van der Waals surface area contributed by atoms with Crippen molar-refractivity contribution >= 4 is 18.2 Å². The van der Waals surface area contributed by atoms with Crippen LogP contribution in [0.4, 0.5) is 10.2 Å². The minimum Gasteiger partial charge on any atom is -0.487 e. The Hall–Kier alpha value is -1.81. The van der Waals surface area contributed by atoms with Crippen molar-refractivity contribution in [1.82, 2.24) is 4.98 Å². The van der Waals surface area contributed by atoms with Gasteiger partial charge in [-0.3, -0.25) is 0 Å². The van der Waals surface area contributed by atoms with Gasteiger partial charge in [0.05, 0.1) is 11.3 Å². The number of fused-ring (bicyclic) bond motifs is 1. The first-order valence-electron chi connectivity index (χ1n) is 7.67. The Morgan fingerprint density at radius 3 is 2.70 bits per heavy atom. The summed E-state index contributed by atoms with van der Waals surface area (Å²) in [6.45, 7) is 6.06. The first-order chi connectivity index (χ1) is 10.4. The van der Waals surface area contributed by atoms with Crippen LogP contribution < -0.4 is 10.5 Å². The van der Waals surface area contributed by atoms with Crippen molar-refractivity contribution in [2.24, 2.45) is 0 Å². The van der Waals surface area contributed by atoms with Crippen LogP contribution in [-0.4, -0.2) is 10.6 Å². The van der Waals surface area contributed by atoms with Crippen LogP contribution in [0, 0.1) is 5.82 Å². The van der Waals surface area contributed by atoms with E-state index in [4.69, 9.17) is 10.5 Å². The molecule has 0 amide bonds. The maximum absolute atomic E-state index is 14.6. The van der Waals surface area contributed by atoms with E-state index >= 15 is 0 Å². The lowest BCUT2D eigenvalue weighted by Gasteiger charge is -2.34. The SMILES string of the molecule is CCc1nc(N)ccc1-c1c(F)ccc2c1OC(C)(C)CC2.Cl. The summed E-state index contributed by atoms with van der Waals surface area (Å²) in [4.78, 5) is 4.35. The molecule has 3 rings (SSSR count). The fourth-order valence-electron chi connectivity index (χ4n) is 2.94. The molecule has 23 heavy (non-hydrogen) atoms. The summed E-state index contributed by atoms with van der Waals surface area (Å²) in [6, 6.07) is 6.89. The zero-order chi connectivity index (χ0) is 15.9. The lowest BCUT2D eigenvalue weighted by Crippen LogP contribution is -2.33. The molecule has 0 radical (unpaired) electrons. The number of hydrogen-bond donors (Lipinski definition) is 1.